The van der Waals surface area contributed by atoms with Crippen LogP contribution in [0.5, 0.6) is 0 Å². The summed E-state index contributed by atoms with van der Waals surface area (Å²) in [5.74, 6) is -0.110. The van der Waals surface area contributed by atoms with Gasteiger partial charge in [0.25, 0.3) is 0 Å². The maximum Gasteiger partial charge on any atom is 0.223 e. The van der Waals surface area contributed by atoms with Crippen molar-refractivity contribution in [1.29, 1.82) is 0 Å². The number of hydrogen-bond donors (Lipinski definition) is 1. The first-order chi connectivity index (χ1) is 14.7. The Morgan fingerprint density at radius 1 is 1.03 bits per heavy atom. The Kier molecular flexibility index (Phi) is 7.55. The Labute approximate surface area is 186 Å². The van der Waals surface area contributed by atoms with Crippen LogP contribution >= 0.6 is 0 Å². The minimum absolute atomic E-state index is 0.00876. The molecule has 1 atom stereocenters. The fourth-order valence-electron chi connectivity index (χ4n) is 4.07. The number of carbonyl (C=O) groups excluding carboxylic acids is 1. The Hall–Kier alpha value is -2.18. The molecule has 1 fully saturated rings. The number of carbonyl (C=O) groups is 1. The summed E-state index contributed by atoms with van der Waals surface area (Å²) in [5, 5.41) is 3.19. The van der Waals surface area contributed by atoms with Crippen LogP contribution in [0, 0.1) is 26.7 Å². The summed E-state index contributed by atoms with van der Waals surface area (Å²) in [6.07, 6.45) is 1.93. The number of sulfonamides is 1. The van der Waals surface area contributed by atoms with Crippen molar-refractivity contribution in [1.82, 2.24) is 9.62 Å². The highest BCUT2D eigenvalue weighted by Gasteiger charge is 2.31. The minimum atomic E-state index is -3.38. The zero-order valence-corrected chi connectivity index (χ0v) is 19.8. The smallest absolute Gasteiger partial charge is 0.223 e. The summed E-state index contributed by atoms with van der Waals surface area (Å²) in [5.41, 5.74) is 5.49. The maximum atomic E-state index is 12.9. The first-order valence-corrected chi connectivity index (χ1v) is 12.7. The molecule has 1 heterocycles. The maximum absolute atomic E-state index is 12.9. The number of nitrogens with one attached hydrogen (secondary N) is 1. The molecule has 31 heavy (non-hydrogen) atoms. The molecule has 0 aliphatic carbocycles. The van der Waals surface area contributed by atoms with Crippen molar-refractivity contribution in [3.05, 3.63) is 70.3 Å². The van der Waals surface area contributed by atoms with Gasteiger partial charge in [-0.3, -0.25) is 4.79 Å². The molecule has 168 valence electrons. The fourth-order valence-corrected chi connectivity index (χ4v) is 5.64. The molecular weight excluding hydrogens is 408 g/mol. The van der Waals surface area contributed by atoms with Gasteiger partial charge in [-0.15, -0.1) is 0 Å². The first-order valence-electron chi connectivity index (χ1n) is 11.1. The van der Waals surface area contributed by atoms with Crippen molar-refractivity contribution < 1.29 is 13.2 Å². The largest absolute Gasteiger partial charge is 0.349 e. The van der Waals surface area contributed by atoms with Gasteiger partial charge in [-0.05, 0) is 62.3 Å². The number of amides is 1. The third-order valence-electron chi connectivity index (χ3n) is 6.35. The number of nitrogens with zero attached hydrogens (tertiary/aromatic N) is 1. The van der Waals surface area contributed by atoms with E-state index in [0.29, 0.717) is 25.9 Å². The van der Waals surface area contributed by atoms with E-state index in [4.69, 9.17) is 0 Å². The summed E-state index contributed by atoms with van der Waals surface area (Å²) >= 11 is 0. The summed E-state index contributed by atoms with van der Waals surface area (Å²) in [7, 11) is -3.38. The molecule has 0 spiro atoms. The van der Waals surface area contributed by atoms with Crippen molar-refractivity contribution in [3.8, 4) is 0 Å². The second-order valence-electron chi connectivity index (χ2n) is 8.73. The summed E-state index contributed by atoms with van der Waals surface area (Å²) in [6.45, 7) is 9.01. The van der Waals surface area contributed by atoms with Gasteiger partial charge in [-0.25, -0.2) is 12.7 Å². The second kappa shape index (κ2) is 9.96. The Morgan fingerprint density at radius 2 is 1.68 bits per heavy atom. The number of benzene rings is 2. The molecule has 6 heteroatoms. The van der Waals surface area contributed by atoms with Crippen LogP contribution in [0.3, 0.4) is 0 Å². The van der Waals surface area contributed by atoms with Crippen LogP contribution < -0.4 is 5.32 Å². The van der Waals surface area contributed by atoms with Gasteiger partial charge in [0.15, 0.2) is 0 Å². The third kappa shape index (κ3) is 5.95. The molecule has 1 amide bonds. The van der Waals surface area contributed by atoms with E-state index in [1.807, 2.05) is 31.2 Å². The zero-order chi connectivity index (χ0) is 22.6. The number of aryl methyl sites for hydroxylation is 3. The van der Waals surface area contributed by atoms with E-state index in [2.05, 4.69) is 44.3 Å². The van der Waals surface area contributed by atoms with Gasteiger partial charge in [-0.1, -0.05) is 55.0 Å². The van der Waals surface area contributed by atoms with Gasteiger partial charge in [0.05, 0.1) is 11.8 Å². The normalized spacial score (nSPS) is 16.8. The van der Waals surface area contributed by atoms with E-state index in [1.165, 1.54) is 15.4 Å². The van der Waals surface area contributed by atoms with Crippen LogP contribution in [-0.4, -0.2) is 31.7 Å². The van der Waals surface area contributed by atoms with Crippen LogP contribution in [0.2, 0.25) is 0 Å². The van der Waals surface area contributed by atoms with Gasteiger partial charge in [0.2, 0.25) is 15.9 Å². The lowest BCUT2D eigenvalue weighted by molar-refractivity contribution is -0.126. The average Bonchev–Trinajstić information content (AvgIpc) is 2.75. The molecule has 0 saturated carbocycles. The van der Waals surface area contributed by atoms with Crippen molar-refractivity contribution in [3.63, 3.8) is 0 Å². The number of hydrogen-bond acceptors (Lipinski definition) is 3. The SMILES string of the molecule is CC[C@@H](NC(=O)C1CCN(S(=O)(=O)Cc2ccc(C)cc2)CC1)c1ccc(C)c(C)c1. The van der Waals surface area contributed by atoms with E-state index in [9.17, 15) is 13.2 Å². The topological polar surface area (TPSA) is 66.5 Å². The molecule has 0 bridgehead atoms. The van der Waals surface area contributed by atoms with Gasteiger partial charge in [0, 0.05) is 19.0 Å². The molecule has 2 aromatic carbocycles. The van der Waals surface area contributed by atoms with Gasteiger partial charge >= 0.3 is 0 Å². The van der Waals surface area contributed by atoms with Gasteiger partial charge in [0.1, 0.15) is 0 Å². The van der Waals surface area contributed by atoms with E-state index >= 15 is 0 Å². The van der Waals surface area contributed by atoms with Crippen molar-refractivity contribution in [2.75, 3.05) is 13.1 Å². The molecule has 1 N–H and O–H groups in total. The molecule has 0 unspecified atom stereocenters. The molecule has 0 aromatic heterocycles. The van der Waals surface area contributed by atoms with Crippen LogP contribution in [0.25, 0.3) is 0 Å². The highest BCUT2D eigenvalue weighted by atomic mass is 32.2. The van der Waals surface area contributed by atoms with Crippen molar-refractivity contribution >= 4 is 15.9 Å². The predicted octanol–water partition coefficient (Wildman–Crippen LogP) is 4.42. The van der Waals surface area contributed by atoms with Gasteiger partial charge < -0.3 is 5.32 Å². The third-order valence-corrected chi connectivity index (χ3v) is 8.20. The lowest BCUT2D eigenvalue weighted by Crippen LogP contribution is -2.44. The van der Waals surface area contributed by atoms with Crippen LogP contribution in [-0.2, 0) is 20.6 Å². The molecule has 1 aliphatic heterocycles. The summed E-state index contributed by atoms with van der Waals surface area (Å²) < 4.78 is 27.2. The lowest BCUT2D eigenvalue weighted by Gasteiger charge is -2.31. The highest BCUT2D eigenvalue weighted by molar-refractivity contribution is 7.88. The fraction of sp³-hybridized carbons (Fsp3) is 0.480. The highest BCUT2D eigenvalue weighted by Crippen LogP contribution is 2.25. The van der Waals surface area contributed by atoms with E-state index in [-0.39, 0.29) is 23.6 Å². The predicted molar refractivity (Wildman–Crippen MR) is 125 cm³/mol. The molecule has 1 saturated heterocycles. The Bertz CT molecular complexity index is 1010. The summed E-state index contributed by atoms with van der Waals surface area (Å²) in [4.78, 5) is 12.9. The number of piperidine rings is 1. The Balaban J connectivity index is 1.57. The standard InChI is InChI=1S/C25H34N2O3S/c1-5-24(23-11-8-19(3)20(4)16-23)26-25(28)22-12-14-27(15-13-22)31(29,30)17-21-9-6-18(2)7-10-21/h6-11,16,22,24H,5,12-15,17H2,1-4H3,(H,26,28)/t24-/m1/s1. The van der Waals surface area contributed by atoms with Gasteiger partial charge in [-0.2, -0.15) is 0 Å². The minimum Gasteiger partial charge on any atom is -0.349 e. The molecular formula is C25H34N2O3S. The Morgan fingerprint density at radius 3 is 2.26 bits per heavy atom. The van der Waals surface area contributed by atoms with Crippen molar-refractivity contribution in [2.24, 2.45) is 5.92 Å². The summed E-state index contributed by atoms with van der Waals surface area (Å²) in [6, 6.07) is 13.9. The molecule has 2 aromatic rings. The molecule has 0 radical (unpaired) electrons. The molecule has 5 nitrogen and oxygen atoms in total. The average molecular weight is 443 g/mol. The van der Waals surface area contributed by atoms with E-state index in [0.717, 1.165) is 23.1 Å². The lowest BCUT2D eigenvalue weighted by atomic mass is 9.95. The molecule has 3 rings (SSSR count). The molecule has 1 aliphatic rings. The van der Waals surface area contributed by atoms with Crippen LogP contribution in [0.4, 0.5) is 0 Å². The monoisotopic (exact) mass is 442 g/mol. The quantitative estimate of drug-likeness (QED) is 0.690. The number of rotatable bonds is 7. The first kappa shape index (κ1) is 23.5. The van der Waals surface area contributed by atoms with Crippen LogP contribution in [0.1, 0.15) is 60.0 Å². The van der Waals surface area contributed by atoms with E-state index in [1.54, 1.807) is 0 Å². The van der Waals surface area contributed by atoms with E-state index < -0.39 is 10.0 Å². The second-order valence-corrected chi connectivity index (χ2v) is 10.7. The zero-order valence-electron chi connectivity index (χ0n) is 19.0. The van der Waals surface area contributed by atoms with Crippen LogP contribution in [0.15, 0.2) is 42.5 Å². The van der Waals surface area contributed by atoms with Crippen molar-refractivity contribution in [2.45, 2.75) is 58.8 Å².